The lowest BCUT2D eigenvalue weighted by atomic mass is 9.66. The predicted molar refractivity (Wildman–Crippen MR) is 139 cm³/mol. The van der Waals surface area contributed by atoms with Crippen LogP contribution in [0.3, 0.4) is 0 Å². The molecule has 0 bridgehead atoms. The highest BCUT2D eigenvalue weighted by Gasteiger charge is 2.59. The van der Waals surface area contributed by atoms with Crippen molar-refractivity contribution in [1.82, 2.24) is 0 Å². The van der Waals surface area contributed by atoms with Crippen molar-refractivity contribution in [3.63, 3.8) is 0 Å². The van der Waals surface area contributed by atoms with E-state index < -0.39 is 34.3 Å². The molecule has 0 saturated carbocycles. The largest absolute Gasteiger partial charge is 0.386 e. The lowest BCUT2D eigenvalue weighted by Crippen LogP contribution is -2.59. The van der Waals surface area contributed by atoms with Gasteiger partial charge in [0.15, 0.2) is 11.6 Å². The molecule has 0 radical (unpaired) electrons. The molecule has 7 nitrogen and oxygen atoms in total. The second-order valence-electron chi connectivity index (χ2n) is 14.2. The summed E-state index contributed by atoms with van der Waals surface area (Å²) in [5, 5.41) is 0. The summed E-state index contributed by atoms with van der Waals surface area (Å²) in [5.41, 5.74) is 0.932. The summed E-state index contributed by atoms with van der Waals surface area (Å²) in [6, 6.07) is 0. The fraction of sp³-hybridized carbons (Fsp3) is 0.800. The monoisotopic (exact) mass is 518 g/mol. The van der Waals surface area contributed by atoms with Crippen molar-refractivity contribution in [3.05, 3.63) is 22.3 Å². The van der Waals surface area contributed by atoms with E-state index in [1.54, 1.807) is 0 Å². The number of rotatable bonds is 2. The van der Waals surface area contributed by atoms with Crippen molar-refractivity contribution < 1.29 is 33.3 Å². The first-order chi connectivity index (χ1) is 16.9. The summed E-state index contributed by atoms with van der Waals surface area (Å²) in [7, 11) is 0. The van der Waals surface area contributed by atoms with Crippen LogP contribution < -0.4 is 0 Å². The third-order valence-electron chi connectivity index (χ3n) is 9.04. The van der Waals surface area contributed by atoms with Gasteiger partial charge in [-0.05, 0) is 26.7 Å². The van der Waals surface area contributed by atoms with Crippen molar-refractivity contribution in [3.8, 4) is 0 Å². The molecule has 0 aromatic carbocycles. The highest BCUT2D eigenvalue weighted by Crippen LogP contribution is 2.55. The SMILES string of the molecule is CC1=C(C(=O)OC(=O)C2=C(C)CCC3(OCC(C)(C)CO3)C2(C)C)C(C)(C)C2(CC1)OCC(C)(C)CO2. The van der Waals surface area contributed by atoms with Gasteiger partial charge in [-0.3, -0.25) is 0 Å². The zero-order chi connectivity index (χ0) is 27.7. The molecule has 0 amide bonds. The van der Waals surface area contributed by atoms with E-state index >= 15 is 0 Å². The molecule has 7 heteroatoms. The lowest BCUT2D eigenvalue weighted by Gasteiger charge is -2.54. The molecule has 208 valence electrons. The van der Waals surface area contributed by atoms with E-state index in [4.69, 9.17) is 23.7 Å². The molecule has 37 heavy (non-hydrogen) atoms. The molecule has 4 rings (SSSR count). The molecule has 2 fully saturated rings. The molecule has 2 heterocycles. The number of ether oxygens (including phenoxy) is 5. The van der Waals surface area contributed by atoms with E-state index in [1.807, 2.05) is 41.5 Å². The molecule has 4 aliphatic rings. The van der Waals surface area contributed by atoms with E-state index in [2.05, 4.69) is 27.7 Å². The van der Waals surface area contributed by atoms with Gasteiger partial charge in [0.05, 0.1) is 37.3 Å². The second-order valence-corrected chi connectivity index (χ2v) is 14.2. The molecule has 2 aliphatic heterocycles. The van der Waals surface area contributed by atoms with Gasteiger partial charge >= 0.3 is 11.9 Å². The topological polar surface area (TPSA) is 80.3 Å². The lowest BCUT2D eigenvalue weighted by molar-refractivity contribution is -0.341. The summed E-state index contributed by atoms with van der Waals surface area (Å²) < 4.78 is 31.0. The van der Waals surface area contributed by atoms with Gasteiger partial charge in [0.25, 0.3) is 0 Å². The van der Waals surface area contributed by atoms with Crippen molar-refractivity contribution in [2.75, 3.05) is 26.4 Å². The normalized spacial score (nSPS) is 29.4. The first-order valence-electron chi connectivity index (χ1n) is 13.6. The van der Waals surface area contributed by atoms with Crippen LogP contribution in [0.1, 0.15) is 94.9 Å². The van der Waals surface area contributed by atoms with Gasteiger partial charge in [-0.25, -0.2) is 9.59 Å². The highest BCUT2D eigenvalue weighted by atomic mass is 16.7. The van der Waals surface area contributed by atoms with Crippen LogP contribution in [-0.2, 0) is 33.3 Å². The van der Waals surface area contributed by atoms with E-state index in [9.17, 15) is 9.59 Å². The maximum absolute atomic E-state index is 13.7. The van der Waals surface area contributed by atoms with Crippen LogP contribution in [0.15, 0.2) is 22.3 Å². The van der Waals surface area contributed by atoms with Gasteiger partial charge in [0.1, 0.15) is 0 Å². The molecule has 0 aromatic rings. The van der Waals surface area contributed by atoms with Crippen LogP contribution in [0.4, 0.5) is 0 Å². The second kappa shape index (κ2) is 9.00. The summed E-state index contributed by atoms with van der Waals surface area (Å²) in [5.74, 6) is -3.13. The van der Waals surface area contributed by atoms with Gasteiger partial charge < -0.3 is 23.7 Å². The maximum Gasteiger partial charge on any atom is 0.342 e. The number of esters is 2. The summed E-state index contributed by atoms with van der Waals surface area (Å²) in [6.45, 7) is 22.2. The van der Waals surface area contributed by atoms with Crippen molar-refractivity contribution in [2.45, 2.75) is 106 Å². The standard InChI is InChI=1S/C30H46O7/c1-19-11-13-29(33-15-25(3,4)16-34-29)27(7,8)21(19)23(31)37-24(32)22-20(2)12-14-30(28(22,9)10)35-17-26(5,6)18-36-30/h11-18H2,1-10H3. The molecule has 2 aliphatic carbocycles. The Hall–Kier alpha value is -1.54. The van der Waals surface area contributed by atoms with E-state index in [-0.39, 0.29) is 10.8 Å². The van der Waals surface area contributed by atoms with Crippen LogP contribution in [-0.4, -0.2) is 49.9 Å². The minimum Gasteiger partial charge on any atom is -0.386 e. The number of hydrogen-bond donors (Lipinski definition) is 0. The Morgan fingerprint density at radius 3 is 1.19 bits per heavy atom. The molecule has 0 aromatic heterocycles. The predicted octanol–water partition coefficient (Wildman–Crippen LogP) is 5.87. The molecular weight excluding hydrogens is 472 g/mol. The Balaban J connectivity index is 1.59. The zero-order valence-corrected chi connectivity index (χ0v) is 24.5. The summed E-state index contributed by atoms with van der Waals surface area (Å²) in [6.07, 6.45) is 2.57. The zero-order valence-electron chi connectivity index (χ0n) is 24.5. The first kappa shape index (κ1) is 28.5. The smallest absolute Gasteiger partial charge is 0.342 e. The average molecular weight is 519 g/mol. The molecule has 2 spiro atoms. The van der Waals surface area contributed by atoms with Crippen LogP contribution in [0.2, 0.25) is 0 Å². The van der Waals surface area contributed by atoms with Crippen LogP contribution in [0.5, 0.6) is 0 Å². The molecule has 0 N–H and O–H groups in total. The number of allylic oxidation sites excluding steroid dienone is 2. The maximum atomic E-state index is 13.7. The van der Waals surface area contributed by atoms with E-state index in [0.29, 0.717) is 63.3 Å². The first-order valence-corrected chi connectivity index (χ1v) is 13.6. The Labute approximate surface area is 222 Å². The molecular formula is C30H46O7. The minimum absolute atomic E-state index is 0.0980. The van der Waals surface area contributed by atoms with E-state index in [1.165, 1.54) is 0 Å². The van der Waals surface area contributed by atoms with Gasteiger partial charge in [0, 0.05) is 34.8 Å². The van der Waals surface area contributed by atoms with E-state index in [0.717, 1.165) is 11.1 Å². The van der Waals surface area contributed by atoms with Gasteiger partial charge in [0.2, 0.25) is 0 Å². The molecule has 2 saturated heterocycles. The van der Waals surface area contributed by atoms with Gasteiger partial charge in [-0.2, -0.15) is 0 Å². The van der Waals surface area contributed by atoms with Crippen LogP contribution in [0.25, 0.3) is 0 Å². The van der Waals surface area contributed by atoms with Crippen molar-refractivity contribution in [1.29, 1.82) is 0 Å². The van der Waals surface area contributed by atoms with Gasteiger partial charge in [-0.1, -0.05) is 66.5 Å². The van der Waals surface area contributed by atoms with Crippen molar-refractivity contribution >= 4 is 11.9 Å². The average Bonchev–Trinajstić information content (AvgIpc) is 2.76. The van der Waals surface area contributed by atoms with Crippen LogP contribution in [0, 0.1) is 21.7 Å². The Morgan fingerprint density at radius 1 is 0.595 bits per heavy atom. The Morgan fingerprint density at radius 2 is 0.892 bits per heavy atom. The Kier molecular flexibility index (Phi) is 6.93. The third-order valence-corrected chi connectivity index (χ3v) is 9.04. The fourth-order valence-electron chi connectivity index (χ4n) is 6.50. The van der Waals surface area contributed by atoms with Crippen molar-refractivity contribution in [2.24, 2.45) is 21.7 Å². The fourth-order valence-corrected chi connectivity index (χ4v) is 6.50. The Bertz CT molecular complexity index is 938. The quantitative estimate of drug-likeness (QED) is 0.334. The highest BCUT2D eigenvalue weighted by molar-refractivity contribution is 6.04. The third kappa shape index (κ3) is 4.64. The van der Waals surface area contributed by atoms with Crippen LogP contribution >= 0.6 is 0 Å². The minimum atomic E-state index is -0.931. The summed E-state index contributed by atoms with van der Waals surface area (Å²) >= 11 is 0. The number of carbonyl (C=O) groups is 2. The molecule has 0 unspecified atom stereocenters. The number of hydrogen-bond acceptors (Lipinski definition) is 7. The van der Waals surface area contributed by atoms with Gasteiger partial charge in [-0.15, -0.1) is 0 Å². The summed E-state index contributed by atoms with van der Waals surface area (Å²) in [4.78, 5) is 27.4. The number of carbonyl (C=O) groups excluding carboxylic acids is 2. The molecule has 0 atom stereocenters.